The fraction of sp³-hybridized carbons (Fsp3) is 0. The number of hydrogen-bond donors (Lipinski definition) is 4. The van der Waals surface area contributed by atoms with E-state index < -0.39 is 10.8 Å². The first kappa shape index (κ1) is 22.5. The molecule has 4 aromatic carbocycles. The molecular weight excluding hydrogens is 400 g/mol. The van der Waals surface area contributed by atoms with E-state index >= 15 is 0 Å². The molecule has 30 heavy (non-hydrogen) atoms. The van der Waals surface area contributed by atoms with Crippen LogP contribution in [0.3, 0.4) is 0 Å². The van der Waals surface area contributed by atoms with Crippen molar-refractivity contribution in [2.75, 3.05) is 0 Å². The number of aromatic hydroxyl groups is 4. The molecule has 0 heterocycles. The number of rotatable bonds is 2. The number of hydrogen-bond acceptors (Lipinski definition) is 5. The molecule has 0 bridgehead atoms. The molecule has 0 amide bonds. The van der Waals surface area contributed by atoms with E-state index in [4.69, 9.17) is 20.4 Å². The van der Waals surface area contributed by atoms with E-state index in [-0.39, 0.29) is 11.5 Å². The Balaban J connectivity index is 0.000000188. The van der Waals surface area contributed by atoms with Crippen LogP contribution >= 0.6 is 0 Å². The first-order chi connectivity index (χ1) is 14.5. The lowest BCUT2D eigenvalue weighted by atomic mass is 10.3. The zero-order chi connectivity index (χ0) is 21.8. The molecule has 4 rings (SSSR count). The third-order valence-corrected chi connectivity index (χ3v) is 5.01. The molecule has 6 heteroatoms. The van der Waals surface area contributed by atoms with Crippen LogP contribution in [-0.2, 0) is 10.8 Å². The van der Waals surface area contributed by atoms with Gasteiger partial charge in [0.15, 0.2) is 0 Å². The Morgan fingerprint density at radius 3 is 0.900 bits per heavy atom. The van der Waals surface area contributed by atoms with Gasteiger partial charge in [0.1, 0.15) is 23.0 Å². The highest BCUT2D eigenvalue weighted by Gasteiger charge is 2.06. The van der Waals surface area contributed by atoms with Crippen LogP contribution in [0.15, 0.2) is 119 Å². The fourth-order valence-corrected chi connectivity index (χ4v) is 3.17. The first-order valence-electron chi connectivity index (χ1n) is 8.93. The summed E-state index contributed by atoms with van der Waals surface area (Å²) in [5, 5.41) is 35.5. The van der Waals surface area contributed by atoms with Crippen molar-refractivity contribution in [3.63, 3.8) is 0 Å². The Kier molecular flexibility index (Phi) is 8.96. The van der Waals surface area contributed by atoms with Gasteiger partial charge in [0.25, 0.3) is 0 Å². The monoisotopic (exact) mass is 422 g/mol. The van der Waals surface area contributed by atoms with Crippen LogP contribution in [0.1, 0.15) is 0 Å². The number of phenols is 4. The molecule has 0 aliphatic carbocycles. The smallest absolute Gasteiger partial charge is 0.115 e. The second-order valence-electron chi connectivity index (χ2n) is 5.93. The fourth-order valence-electron chi connectivity index (χ4n) is 2.13. The minimum Gasteiger partial charge on any atom is -0.508 e. The Morgan fingerprint density at radius 2 is 0.667 bits per heavy atom. The maximum atomic E-state index is 12.0. The topological polar surface area (TPSA) is 98.0 Å². The molecule has 154 valence electrons. The molecule has 4 aromatic rings. The Morgan fingerprint density at radius 1 is 0.400 bits per heavy atom. The van der Waals surface area contributed by atoms with Gasteiger partial charge in [-0.05, 0) is 72.8 Å². The molecule has 0 spiro atoms. The van der Waals surface area contributed by atoms with E-state index in [1.807, 2.05) is 12.1 Å². The minimum atomic E-state index is -1.29. The number of benzene rings is 4. The van der Waals surface area contributed by atoms with Crippen LogP contribution < -0.4 is 0 Å². The summed E-state index contributed by atoms with van der Waals surface area (Å²) in [5.41, 5.74) is 0. The molecule has 5 nitrogen and oxygen atoms in total. The second-order valence-corrected chi connectivity index (χ2v) is 7.41. The normalized spacial score (nSPS) is 9.63. The van der Waals surface area contributed by atoms with Gasteiger partial charge in [0.05, 0.1) is 10.8 Å². The third kappa shape index (κ3) is 8.08. The summed E-state index contributed by atoms with van der Waals surface area (Å²) in [5.74, 6) is 0.933. The largest absolute Gasteiger partial charge is 0.508 e. The highest BCUT2D eigenvalue weighted by molar-refractivity contribution is 7.85. The van der Waals surface area contributed by atoms with Crippen molar-refractivity contribution >= 4 is 10.8 Å². The number of para-hydroxylation sites is 2. The van der Waals surface area contributed by atoms with Crippen molar-refractivity contribution in [1.29, 1.82) is 0 Å². The molecule has 0 saturated heterocycles. The van der Waals surface area contributed by atoms with E-state index in [1.54, 1.807) is 72.8 Å². The lowest BCUT2D eigenvalue weighted by Gasteiger charge is -2.02. The lowest BCUT2D eigenvalue weighted by Crippen LogP contribution is -1.91. The average Bonchev–Trinajstić information content (AvgIpc) is 2.76. The molecule has 0 aliphatic heterocycles. The van der Waals surface area contributed by atoms with Gasteiger partial charge < -0.3 is 20.4 Å². The summed E-state index contributed by atoms with van der Waals surface area (Å²) in [6.07, 6.45) is 0. The zero-order valence-corrected chi connectivity index (χ0v) is 16.8. The van der Waals surface area contributed by atoms with Crippen LogP contribution in [-0.4, -0.2) is 24.6 Å². The summed E-state index contributed by atoms with van der Waals surface area (Å²) in [7, 11) is -1.29. The standard InChI is InChI=1S/C12H10O3S.2C6H6O/c13-9-1-5-11(6-2-9)16(15)12-7-3-10(14)4-8-12;2*7-6-4-2-1-3-5-6/h1-8,13-14H;2*1-5,7H. The predicted molar refractivity (Wildman–Crippen MR) is 117 cm³/mol. The SMILES string of the molecule is O=S(c1ccc(O)cc1)c1ccc(O)cc1.Oc1ccccc1.Oc1ccccc1. The summed E-state index contributed by atoms with van der Waals surface area (Å²) in [6, 6.07) is 29.8. The lowest BCUT2D eigenvalue weighted by molar-refractivity contribution is 0.474. The molecule has 4 N–H and O–H groups in total. The van der Waals surface area contributed by atoms with E-state index in [1.165, 1.54) is 24.3 Å². The highest BCUT2D eigenvalue weighted by atomic mass is 32.2. The molecule has 0 atom stereocenters. The van der Waals surface area contributed by atoms with Gasteiger partial charge in [-0.1, -0.05) is 36.4 Å². The van der Waals surface area contributed by atoms with Gasteiger partial charge in [-0.15, -0.1) is 0 Å². The number of phenolic OH excluding ortho intramolecular Hbond substituents is 4. The maximum Gasteiger partial charge on any atom is 0.115 e. The van der Waals surface area contributed by atoms with Gasteiger partial charge in [-0.25, -0.2) is 4.21 Å². The van der Waals surface area contributed by atoms with Crippen molar-refractivity contribution < 1.29 is 24.6 Å². The van der Waals surface area contributed by atoms with Crippen LogP contribution in [0.25, 0.3) is 0 Å². The van der Waals surface area contributed by atoms with Gasteiger partial charge >= 0.3 is 0 Å². The highest BCUT2D eigenvalue weighted by Crippen LogP contribution is 2.20. The van der Waals surface area contributed by atoms with Gasteiger partial charge in [0.2, 0.25) is 0 Å². The molecule has 0 fully saturated rings. The van der Waals surface area contributed by atoms with Crippen LogP contribution in [0, 0.1) is 0 Å². The molecule has 0 aliphatic rings. The van der Waals surface area contributed by atoms with E-state index in [9.17, 15) is 4.21 Å². The average molecular weight is 423 g/mol. The van der Waals surface area contributed by atoms with Crippen LogP contribution in [0.4, 0.5) is 0 Å². The Hall–Kier alpha value is -3.77. The first-order valence-corrected chi connectivity index (χ1v) is 10.1. The molecule has 0 saturated carbocycles. The Labute approximate surface area is 177 Å². The van der Waals surface area contributed by atoms with Gasteiger partial charge in [-0.3, -0.25) is 0 Å². The van der Waals surface area contributed by atoms with Gasteiger partial charge in [0, 0.05) is 9.79 Å². The molecule has 0 aromatic heterocycles. The summed E-state index contributed by atoms with van der Waals surface area (Å²) < 4.78 is 12.0. The quantitative estimate of drug-likeness (QED) is 0.362. The summed E-state index contributed by atoms with van der Waals surface area (Å²) >= 11 is 0. The van der Waals surface area contributed by atoms with E-state index in [0.29, 0.717) is 21.3 Å². The molecule has 0 radical (unpaired) electrons. The van der Waals surface area contributed by atoms with E-state index in [2.05, 4.69) is 0 Å². The van der Waals surface area contributed by atoms with E-state index in [0.717, 1.165) is 0 Å². The predicted octanol–water partition coefficient (Wildman–Crippen LogP) is 5.05. The van der Waals surface area contributed by atoms with Crippen molar-refractivity contribution in [3.8, 4) is 23.0 Å². The van der Waals surface area contributed by atoms with Crippen molar-refractivity contribution in [2.24, 2.45) is 0 Å². The molecular formula is C24H22O5S. The van der Waals surface area contributed by atoms with Crippen molar-refractivity contribution in [2.45, 2.75) is 9.79 Å². The third-order valence-electron chi connectivity index (χ3n) is 3.61. The summed E-state index contributed by atoms with van der Waals surface area (Å²) in [4.78, 5) is 1.23. The van der Waals surface area contributed by atoms with Gasteiger partial charge in [-0.2, -0.15) is 0 Å². The second kappa shape index (κ2) is 11.9. The summed E-state index contributed by atoms with van der Waals surface area (Å²) in [6.45, 7) is 0. The Bertz CT molecular complexity index is 934. The van der Waals surface area contributed by atoms with Crippen LogP contribution in [0.2, 0.25) is 0 Å². The maximum absolute atomic E-state index is 12.0. The van der Waals surface area contributed by atoms with Crippen molar-refractivity contribution in [1.82, 2.24) is 0 Å². The minimum absolute atomic E-state index is 0.145. The zero-order valence-electron chi connectivity index (χ0n) is 16.0. The van der Waals surface area contributed by atoms with Crippen molar-refractivity contribution in [3.05, 3.63) is 109 Å². The molecule has 0 unspecified atom stereocenters. The van der Waals surface area contributed by atoms with Crippen LogP contribution in [0.5, 0.6) is 23.0 Å².